The van der Waals surface area contributed by atoms with Gasteiger partial charge in [0.05, 0.1) is 5.69 Å². The molecule has 6 nitrogen and oxygen atoms in total. The van der Waals surface area contributed by atoms with E-state index in [0.29, 0.717) is 11.6 Å². The third-order valence-electron chi connectivity index (χ3n) is 3.59. The molecule has 0 aliphatic carbocycles. The van der Waals surface area contributed by atoms with Gasteiger partial charge in [0.1, 0.15) is 17.7 Å². The Morgan fingerprint density at radius 3 is 2.30 bits per heavy atom. The van der Waals surface area contributed by atoms with Crippen LogP contribution in [0.25, 0.3) is 0 Å². The Labute approximate surface area is 154 Å². The largest absolute Gasteiger partial charge is 0.451 e. The Kier molecular flexibility index (Phi) is 6.59. The van der Waals surface area contributed by atoms with Crippen LogP contribution >= 0.6 is 0 Å². The van der Waals surface area contributed by atoms with E-state index in [2.05, 4.69) is 10.6 Å². The molecular weight excluding hydrogens is 358 g/mol. The Hall–Kier alpha value is -3.29. The van der Waals surface area contributed by atoms with Crippen molar-refractivity contribution in [3.8, 4) is 0 Å². The van der Waals surface area contributed by atoms with E-state index in [4.69, 9.17) is 4.74 Å². The predicted octanol–water partition coefficient (Wildman–Crippen LogP) is 2.65. The molecule has 0 aliphatic heterocycles. The highest BCUT2D eigenvalue weighted by Crippen LogP contribution is 2.15. The van der Waals surface area contributed by atoms with Crippen molar-refractivity contribution in [2.24, 2.45) is 0 Å². The van der Waals surface area contributed by atoms with Crippen molar-refractivity contribution >= 4 is 23.5 Å². The number of ether oxygens (including phenoxy) is 1. The van der Waals surface area contributed by atoms with Gasteiger partial charge in [0.2, 0.25) is 0 Å². The lowest BCUT2D eigenvalue weighted by Crippen LogP contribution is -2.42. The lowest BCUT2D eigenvalue weighted by atomic mass is 10.2. The zero-order chi connectivity index (χ0) is 20.0. The van der Waals surface area contributed by atoms with Crippen LogP contribution in [0.4, 0.5) is 14.5 Å². The van der Waals surface area contributed by atoms with Crippen LogP contribution in [0, 0.1) is 11.6 Å². The van der Waals surface area contributed by atoms with Crippen LogP contribution < -0.4 is 10.6 Å². The molecular formula is C19H18F2N2O4. The molecule has 0 bridgehead atoms. The standard InChI is InChI=1S/C19H18F2N2O4/c1-11(22-18(25)13-6-4-3-5-7-13)19(26)27-12(2)17(24)23-16-9-8-14(20)10-15(16)21/h3-12H,1-2H3,(H,22,25)(H,23,24)/t11-,12+/m0/s1. The maximum atomic E-state index is 13.6. The first kappa shape index (κ1) is 20.0. The number of benzene rings is 2. The monoisotopic (exact) mass is 376 g/mol. The van der Waals surface area contributed by atoms with E-state index < -0.39 is 41.6 Å². The summed E-state index contributed by atoms with van der Waals surface area (Å²) in [6.45, 7) is 2.70. The van der Waals surface area contributed by atoms with E-state index in [0.717, 1.165) is 12.1 Å². The highest BCUT2D eigenvalue weighted by Gasteiger charge is 2.24. The topological polar surface area (TPSA) is 84.5 Å². The fraction of sp³-hybridized carbons (Fsp3) is 0.211. The molecule has 0 saturated heterocycles. The molecule has 142 valence electrons. The first-order chi connectivity index (χ1) is 12.8. The van der Waals surface area contributed by atoms with Crippen molar-refractivity contribution in [1.29, 1.82) is 0 Å². The number of hydrogen-bond acceptors (Lipinski definition) is 4. The minimum Gasteiger partial charge on any atom is -0.451 e. The van der Waals surface area contributed by atoms with Gasteiger partial charge in [0.15, 0.2) is 6.10 Å². The van der Waals surface area contributed by atoms with Gasteiger partial charge >= 0.3 is 5.97 Å². The van der Waals surface area contributed by atoms with Crippen LogP contribution in [0.2, 0.25) is 0 Å². The number of carbonyl (C=O) groups excluding carboxylic acids is 3. The van der Waals surface area contributed by atoms with E-state index >= 15 is 0 Å². The molecule has 0 unspecified atom stereocenters. The SMILES string of the molecule is C[C@H](NC(=O)c1ccccc1)C(=O)O[C@H](C)C(=O)Nc1ccc(F)cc1F. The number of esters is 1. The Bertz CT molecular complexity index is 843. The molecule has 0 radical (unpaired) electrons. The zero-order valence-electron chi connectivity index (χ0n) is 14.7. The van der Waals surface area contributed by atoms with E-state index in [-0.39, 0.29) is 5.69 Å². The van der Waals surface area contributed by atoms with Crippen molar-refractivity contribution in [2.45, 2.75) is 26.0 Å². The van der Waals surface area contributed by atoms with Gasteiger partial charge in [-0.3, -0.25) is 9.59 Å². The van der Waals surface area contributed by atoms with Crippen molar-refractivity contribution in [3.05, 3.63) is 65.7 Å². The molecule has 0 aromatic heterocycles. The molecule has 2 amide bonds. The van der Waals surface area contributed by atoms with Crippen molar-refractivity contribution in [1.82, 2.24) is 5.32 Å². The third-order valence-corrected chi connectivity index (χ3v) is 3.59. The number of anilines is 1. The van der Waals surface area contributed by atoms with E-state index in [1.807, 2.05) is 0 Å². The van der Waals surface area contributed by atoms with E-state index in [1.165, 1.54) is 13.8 Å². The van der Waals surface area contributed by atoms with Gasteiger partial charge in [-0.1, -0.05) is 18.2 Å². The first-order valence-corrected chi connectivity index (χ1v) is 8.10. The quantitative estimate of drug-likeness (QED) is 0.759. The van der Waals surface area contributed by atoms with Gasteiger partial charge in [-0.15, -0.1) is 0 Å². The average molecular weight is 376 g/mol. The maximum Gasteiger partial charge on any atom is 0.329 e. The highest BCUT2D eigenvalue weighted by atomic mass is 19.1. The second kappa shape index (κ2) is 8.88. The van der Waals surface area contributed by atoms with Crippen molar-refractivity contribution in [2.75, 3.05) is 5.32 Å². The summed E-state index contributed by atoms with van der Waals surface area (Å²) >= 11 is 0. The second-order valence-electron chi connectivity index (χ2n) is 5.75. The molecule has 0 fully saturated rings. The molecule has 2 aromatic carbocycles. The normalized spacial score (nSPS) is 12.6. The Morgan fingerprint density at radius 1 is 1.00 bits per heavy atom. The molecule has 2 N–H and O–H groups in total. The molecule has 2 atom stereocenters. The number of amides is 2. The van der Waals surface area contributed by atoms with Crippen LogP contribution in [0.1, 0.15) is 24.2 Å². The molecule has 2 rings (SSSR count). The number of nitrogens with one attached hydrogen (secondary N) is 2. The summed E-state index contributed by atoms with van der Waals surface area (Å²) in [5.41, 5.74) is 0.129. The van der Waals surface area contributed by atoms with Gasteiger partial charge in [-0.2, -0.15) is 0 Å². The summed E-state index contributed by atoms with van der Waals surface area (Å²) in [5, 5.41) is 4.66. The summed E-state index contributed by atoms with van der Waals surface area (Å²) in [7, 11) is 0. The number of rotatable bonds is 6. The summed E-state index contributed by atoms with van der Waals surface area (Å²) in [6.07, 6.45) is -1.25. The number of carbonyl (C=O) groups is 3. The molecule has 0 saturated carbocycles. The van der Waals surface area contributed by atoms with Gasteiger partial charge in [0, 0.05) is 11.6 Å². The van der Waals surface area contributed by atoms with Gasteiger partial charge in [-0.25, -0.2) is 13.6 Å². The molecule has 0 heterocycles. The van der Waals surface area contributed by atoms with Crippen LogP contribution in [0.3, 0.4) is 0 Å². The molecule has 27 heavy (non-hydrogen) atoms. The lowest BCUT2D eigenvalue weighted by molar-refractivity contribution is -0.154. The highest BCUT2D eigenvalue weighted by molar-refractivity contribution is 5.98. The minimum absolute atomic E-state index is 0.241. The summed E-state index contributed by atoms with van der Waals surface area (Å²) in [5.74, 6) is -3.83. The van der Waals surface area contributed by atoms with Crippen LogP contribution in [-0.2, 0) is 14.3 Å². The van der Waals surface area contributed by atoms with Gasteiger partial charge in [-0.05, 0) is 38.1 Å². The smallest absolute Gasteiger partial charge is 0.329 e. The van der Waals surface area contributed by atoms with Crippen LogP contribution in [0.5, 0.6) is 0 Å². The second-order valence-corrected chi connectivity index (χ2v) is 5.75. The average Bonchev–Trinajstić information content (AvgIpc) is 2.64. The Balaban J connectivity index is 1.89. The van der Waals surface area contributed by atoms with Gasteiger partial charge < -0.3 is 15.4 Å². The predicted molar refractivity (Wildman–Crippen MR) is 93.9 cm³/mol. The van der Waals surface area contributed by atoms with E-state index in [1.54, 1.807) is 30.3 Å². The fourth-order valence-electron chi connectivity index (χ4n) is 2.08. The zero-order valence-corrected chi connectivity index (χ0v) is 14.7. The maximum absolute atomic E-state index is 13.6. The third kappa shape index (κ3) is 5.60. The van der Waals surface area contributed by atoms with Crippen molar-refractivity contribution < 1.29 is 27.9 Å². The molecule has 0 aliphatic rings. The van der Waals surface area contributed by atoms with Crippen molar-refractivity contribution in [3.63, 3.8) is 0 Å². The summed E-state index contributed by atoms with van der Waals surface area (Å²) in [6, 6.07) is 9.93. The number of halogens is 2. The fourth-order valence-corrected chi connectivity index (χ4v) is 2.08. The number of hydrogen-bond donors (Lipinski definition) is 2. The molecule has 0 spiro atoms. The Morgan fingerprint density at radius 2 is 1.67 bits per heavy atom. The molecule has 2 aromatic rings. The lowest BCUT2D eigenvalue weighted by Gasteiger charge is -2.17. The first-order valence-electron chi connectivity index (χ1n) is 8.10. The summed E-state index contributed by atoms with van der Waals surface area (Å²) in [4.78, 5) is 36.1. The van der Waals surface area contributed by atoms with Crippen LogP contribution in [0.15, 0.2) is 48.5 Å². The van der Waals surface area contributed by atoms with Gasteiger partial charge in [0.25, 0.3) is 11.8 Å². The molecule has 8 heteroatoms. The minimum atomic E-state index is -1.25. The van der Waals surface area contributed by atoms with E-state index in [9.17, 15) is 23.2 Å². The summed E-state index contributed by atoms with van der Waals surface area (Å²) < 4.78 is 31.4. The van der Waals surface area contributed by atoms with Crippen LogP contribution in [-0.4, -0.2) is 29.9 Å².